The molecule has 1 N–H and O–H groups in total. The third-order valence-electron chi connectivity index (χ3n) is 4.84. The molecule has 3 nitrogen and oxygen atoms in total. The molecule has 0 radical (unpaired) electrons. The number of aliphatic carboxylic acids is 1. The summed E-state index contributed by atoms with van der Waals surface area (Å²) < 4.78 is 82.9. The number of carboxylic acid groups (broad SMARTS) is 1. The lowest BCUT2D eigenvalue weighted by Crippen LogP contribution is -2.09. The van der Waals surface area contributed by atoms with Gasteiger partial charge in [0.25, 0.3) is 0 Å². The zero-order valence-corrected chi connectivity index (χ0v) is 19.7. The Balaban J connectivity index is 1.87. The van der Waals surface area contributed by atoms with Crippen molar-refractivity contribution >= 4 is 34.9 Å². The molecule has 190 valence electrons. The summed E-state index contributed by atoms with van der Waals surface area (Å²) in [5.41, 5.74) is -0.449. The summed E-state index contributed by atoms with van der Waals surface area (Å²) in [7, 11) is 0. The summed E-state index contributed by atoms with van der Waals surface area (Å²) in [5, 5.41) is 8.98. The fourth-order valence-corrected chi connectivity index (χ4v) is 4.25. The first-order valence-electron chi connectivity index (χ1n) is 10.2. The number of halogens is 7. The molecule has 0 bridgehead atoms. The Morgan fingerprint density at radius 1 is 0.861 bits per heavy atom. The number of carboxylic acids is 1. The van der Waals surface area contributed by atoms with Crippen LogP contribution in [0.3, 0.4) is 0 Å². The number of ether oxygens (including phenoxy) is 1. The molecule has 0 heterocycles. The molecule has 3 rings (SSSR count). The van der Waals surface area contributed by atoms with E-state index in [0.29, 0.717) is 26.6 Å². The summed E-state index contributed by atoms with van der Waals surface area (Å²) in [6.07, 6.45) is -7.37. The van der Waals surface area contributed by atoms with E-state index < -0.39 is 36.1 Å². The summed E-state index contributed by atoms with van der Waals surface area (Å²) in [4.78, 5) is 11.2. The van der Waals surface area contributed by atoms with Crippen molar-refractivity contribution in [1.82, 2.24) is 0 Å². The highest BCUT2D eigenvalue weighted by Gasteiger charge is 2.31. The smallest absolute Gasteiger partial charge is 0.416 e. The molecular formula is C25H17ClF6O3S. The molecule has 0 aliphatic heterocycles. The van der Waals surface area contributed by atoms with Gasteiger partial charge in [-0.25, -0.2) is 4.79 Å². The van der Waals surface area contributed by atoms with E-state index in [0.717, 1.165) is 24.3 Å². The molecule has 0 aromatic heterocycles. The van der Waals surface area contributed by atoms with E-state index in [1.165, 1.54) is 48.2 Å². The summed E-state index contributed by atoms with van der Waals surface area (Å²) in [6.45, 7) is -0.533. The van der Waals surface area contributed by atoms with Gasteiger partial charge in [0.1, 0.15) is 5.75 Å². The second-order valence-electron chi connectivity index (χ2n) is 7.35. The van der Waals surface area contributed by atoms with Crippen molar-refractivity contribution in [1.29, 1.82) is 0 Å². The molecule has 11 heteroatoms. The highest BCUT2D eigenvalue weighted by Crippen LogP contribution is 2.35. The van der Waals surface area contributed by atoms with E-state index >= 15 is 0 Å². The Kier molecular flexibility index (Phi) is 8.63. The quantitative estimate of drug-likeness (QED) is 0.229. The Labute approximate surface area is 211 Å². The van der Waals surface area contributed by atoms with Crippen LogP contribution in [0.4, 0.5) is 26.3 Å². The number of benzene rings is 3. The van der Waals surface area contributed by atoms with Gasteiger partial charge in [-0.1, -0.05) is 41.9 Å². The van der Waals surface area contributed by atoms with Gasteiger partial charge in [0, 0.05) is 10.6 Å². The second-order valence-corrected chi connectivity index (χ2v) is 8.82. The van der Waals surface area contributed by atoms with Gasteiger partial charge in [0.15, 0.2) is 6.61 Å². The van der Waals surface area contributed by atoms with Crippen LogP contribution in [0.5, 0.6) is 5.75 Å². The first-order valence-corrected chi connectivity index (χ1v) is 11.5. The van der Waals surface area contributed by atoms with Crippen molar-refractivity contribution in [3.05, 3.63) is 100 Å². The zero-order chi connectivity index (χ0) is 26.5. The Morgan fingerprint density at radius 3 is 1.78 bits per heavy atom. The number of alkyl halides is 6. The molecule has 0 saturated carbocycles. The number of thioether (sulfide) groups is 1. The zero-order valence-electron chi connectivity index (χ0n) is 18.2. The van der Waals surface area contributed by atoms with E-state index in [2.05, 4.69) is 0 Å². The van der Waals surface area contributed by atoms with Crippen molar-refractivity contribution in [3.8, 4) is 5.75 Å². The molecular weight excluding hydrogens is 530 g/mol. The largest absolute Gasteiger partial charge is 0.482 e. The predicted octanol–water partition coefficient (Wildman–Crippen LogP) is 8.07. The minimum absolute atomic E-state index is 0.262. The van der Waals surface area contributed by atoms with Gasteiger partial charge < -0.3 is 9.84 Å². The van der Waals surface area contributed by atoms with Crippen LogP contribution in [-0.4, -0.2) is 23.4 Å². The standard InChI is InChI=1S/C25H17ClF6O3S/c26-21-13-19(35-14-23(33)34)9-10-22(21)36-12-11-20(15-1-5-17(6-2-15)24(27,28)29)16-3-7-18(8-4-16)25(30,31)32/h1-11,13H,12,14H2,(H,33,34). The van der Waals surface area contributed by atoms with Crippen molar-refractivity contribution in [3.63, 3.8) is 0 Å². The molecule has 0 spiro atoms. The SMILES string of the molecule is O=C(O)COc1ccc(SCC=C(c2ccc(C(F)(F)F)cc2)c2ccc(C(F)(F)F)cc2)c(Cl)c1. The molecule has 36 heavy (non-hydrogen) atoms. The van der Waals surface area contributed by atoms with Crippen LogP contribution in [0, 0.1) is 0 Å². The van der Waals surface area contributed by atoms with E-state index in [1.807, 2.05) is 0 Å². The van der Waals surface area contributed by atoms with Crippen molar-refractivity contribution in [2.24, 2.45) is 0 Å². The van der Waals surface area contributed by atoms with Crippen LogP contribution in [0.2, 0.25) is 5.02 Å². The molecule has 0 unspecified atom stereocenters. The van der Waals surface area contributed by atoms with Gasteiger partial charge >= 0.3 is 18.3 Å². The molecule has 0 amide bonds. The minimum atomic E-state index is -4.52. The van der Waals surface area contributed by atoms with E-state index in [4.69, 9.17) is 21.4 Å². The highest BCUT2D eigenvalue weighted by atomic mass is 35.5. The average Bonchev–Trinajstić information content (AvgIpc) is 2.81. The van der Waals surface area contributed by atoms with Crippen LogP contribution in [0.15, 0.2) is 77.7 Å². The molecule has 0 fully saturated rings. The number of rotatable bonds is 8. The summed E-state index contributed by atoms with van der Waals surface area (Å²) in [5.74, 6) is -0.599. The lowest BCUT2D eigenvalue weighted by molar-refractivity contribution is -0.139. The monoisotopic (exact) mass is 546 g/mol. The molecule has 0 atom stereocenters. The van der Waals surface area contributed by atoms with Gasteiger partial charge in [-0.15, -0.1) is 11.8 Å². The average molecular weight is 547 g/mol. The maximum Gasteiger partial charge on any atom is 0.416 e. The normalized spacial score (nSPS) is 11.8. The van der Waals surface area contributed by atoms with Crippen molar-refractivity contribution < 1.29 is 41.0 Å². The molecule has 0 aliphatic carbocycles. The van der Waals surface area contributed by atoms with Crippen molar-refractivity contribution in [2.45, 2.75) is 17.2 Å². The van der Waals surface area contributed by atoms with Gasteiger partial charge in [0.05, 0.1) is 16.1 Å². The number of hydrogen-bond donors (Lipinski definition) is 1. The topological polar surface area (TPSA) is 46.5 Å². The fourth-order valence-electron chi connectivity index (χ4n) is 3.13. The Bertz CT molecular complexity index is 1180. The van der Waals surface area contributed by atoms with E-state index in [-0.39, 0.29) is 11.5 Å². The van der Waals surface area contributed by atoms with Gasteiger partial charge in [-0.3, -0.25) is 0 Å². The minimum Gasteiger partial charge on any atom is -0.482 e. The molecule has 0 saturated heterocycles. The lowest BCUT2D eigenvalue weighted by Gasteiger charge is -2.13. The van der Waals surface area contributed by atoms with Crippen LogP contribution in [0.25, 0.3) is 5.57 Å². The maximum absolute atomic E-state index is 13.0. The van der Waals surface area contributed by atoms with Gasteiger partial charge in [-0.2, -0.15) is 26.3 Å². The first-order chi connectivity index (χ1) is 16.8. The fraction of sp³-hybridized carbons (Fsp3) is 0.160. The van der Waals surface area contributed by atoms with E-state index in [9.17, 15) is 31.1 Å². The van der Waals surface area contributed by atoms with Crippen LogP contribution in [-0.2, 0) is 17.1 Å². The maximum atomic E-state index is 13.0. The van der Waals surface area contributed by atoms with Crippen LogP contribution < -0.4 is 4.74 Å². The second kappa shape index (κ2) is 11.3. The Hall–Kier alpha value is -3.11. The van der Waals surface area contributed by atoms with Crippen LogP contribution in [0.1, 0.15) is 22.3 Å². The molecule has 0 aliphatic rings. The van der Waals surface area contributed by atoms with Crippen LogP contribution >= 0.6 is 23.4 Å². The third kappa shape index (κ3) is 7.44. The van der Waals surface area contributed by atoms with E-state index in [1.54, 1.807) is 12.1 Å². The van der Waals surface area contributed by atoms with Gasteiger partial charge in [0.2, 0.25) is 0 Å². The predicted molar refractivity (Wildman–Crippen MR) is 125 cm³/mol. The lowest BCUT2D eigenvalue weighted by atomic mass is 9.96. The third-order valence-corrected chi connectivity index (χ3v) is 6.26. The highest BCUT2D eigenvalue weighted by molar-refractivity contribution is 7.99. The number of carbonyl (C=O) groups is 1. The summed E-state index contributed by atoms with van der Waals surface area (Å²) >= 11 is 7.50. The molecule has 3 aromatic carbocycles. The first kappa shape index (κ1) is 27.5. The summed E-state index contributed by atoms with van der Waals surface area (Å²) in [6, 6.07) is 13.3. The number of hydrogen-bond acceptors (Lipinski definition) is 3. The Morgan fingerprint density at radius 2 is 1.36 bits per heavy atom. The van der Waals surface area contributed by atoms with Crippen molar-refractivity contribution in [2.75, 3.05) is 12.4 Å². The molecule has 3 aromatic rings. The van der Waals surface area contributed by atoms with Gasteiger partial charge in [-0.05, 0) is 59.2 Å².